The fourth-order valence-corrected chi connectivity index (χ4v) is 6.58. The Kier molecular flexibility index (Phi) is 9.60. The Morgan fingerprint density at radius 1 is 1.17 bits per heavy atom. The molecule has 3 N–H and O–H groups in total. The highest BCUT2D eigenvalue weighted by Crippen LogP contribution is 2.38. The van der Waals surface area contributed by atoms with E-state index in [-0.39, 0.29) is 5.69 Å². The summed E-state index contributed by atoms with van der Waals surface area (Å²) in [5.41, 5.74) is 1.68. The van der Waals surface area contributed by atoms with E-state index >= 15 is 0 Å². The molecule has 0 aliphatic rings. The van der Waals surface area contributed by atoms with Crippen LogP contribution in [0.25, 0.3) is 21.8 Å². The van der Waals surface area contributed by atoms with Crippen LogP contribution >= 0.6 is 22.7 Å². The molecule has 4 rings (SSSR count). The number of aromatic nitrogens is 4. The molecule has 0 fully saturated rings. The quantitative estimate of drug-likeness (QED) is 0.118. The van der Waals surface area contributed by atoms with Gasteiger partial charge in [0.15, 0.2) is 0 Å². The molecule has 2 amide bonds. The van der Waals surface area contributed by atoms with Gasteiger partial charge < -0.3 is 20.5 Å². The van der Waals surface area contributed by atoms with E-state index in [0.29, 0.717) is 40.3 Å². The molecule has 3 heterocycles. The van der Waals surface area contributed by atoms with Crippen molar-refractivity contribution >= 4 is 48.4 Å². The number of hydrogen-bond acceptors (Lipinski definition) is 8. The Morgan fingerprint density at radius 3 is 2.62 bits per heavy atom. The molecule has 0 aliphatic heterocycles. The van der Waals surface area contributed by atoms with Crippen molar-refractivity contribution in [3.05, 3.63) is 57.9 Å². The summed E-state index contributed by atoms with van der Waals surface area (Å²) < 4.78 is 21.8. The largest absolute Gasteiger partial charge is 0.465 e. The smallest absolute Gasteiger partial charge is 0.405 e. The molecule has 0 saturated heterocycles. The van der Waals surface area contributed by atoms with Gasteiger partial charge in [-0.3, -0.25) is 4.79 Å². The van der Waals surface area contributed by atoms with Gasteiger partial charge in [-0.2, -0.15) is 5.10 Å². The molecule has 42 heavy (non-hydrogen) atoms. The van der Waals surface area contributed by atoms with Crippen LogP contribution in [0.5, 0.6) is 0 Å². The number of anilines is 1. The zero-order valence-electron chi connectivity index (χ0n) is 24.4. The molecule has 4 aromatic rings. The summed E-state index contributed by atoms with van der Waals surface area (Å²) in [6.07, 6.45) is 2.35. The van der Waals surface area contributed by atoms with Crippen LogP contribution in [0, 0.1) is 11.2 Å². The average molecular weight is 631 g/mol. The number of thiazole rings is 2. The number of carbonyl (C=O) groups excluding carboxylic acids is 1. The second-order valence-electron chi connectivity index (χ2n) is 12.1. The lowest BCUT2D eigenvalue weighted by molar-refractivity contribution is 0.0786. The van der Waals surface area contributed by atoms with E-state index in [1.165, 1.54) is 40.9 Å². The monoisotopic (exact) mass is 630 g/mol. The molecule has 0 radical (unpaired) electrons. The highest BCUT2D eigenvalue weighted by molar-refractivity contribution is 7.13. The Hall–Kier alpha value is -3.46. The second-order valence-corrected chi connectivity index (χ2v) is 19.5. The maximum Gasteiger partial charge on any atom is 0.405 e. The van der Waals surface area contributed by atoms with E-state index in [9.17, 15) is 19.1 Å². The van der Waals surface area contributed by atoms with Crippen LogP contribution < -0.4 is 10.6 Å². The number of rotatable bonds is 11. The lowest BCUT2D eigenvalue weighted by Crippen LogP contribution is -2.35. The number of halogens is 1. The van der Waals surface area contributed by atoms with Gasteiger partial charge in [-0.05, 0) is 29.7 Å². The van der Waals surface area contributed by atoms with Crippen LogP contribution in [-0.2, 0) is 11.5 Å². The number of carboxylic acid groups (broad SMARTS) is 1. The van der Waals surface area contributed by atoms with Crippen LogP contribution in [0.15, 0.2) is 41.4 Å². The molecule has 224 valence electrons. The van der Waals surface area contributed by atoms with E-state index in [1.807, 2.05) is 27.0 Å². The highest BCUT2D eigenvalue weighted by atomic mass is 32.1. The standard InChI is InChI=1S/C28H35FN6O4S2Si/c1-28(2,3)23(34-27(37)38)26-32-21(14-41-26)19-11-18(29)7-8-20(19)31-24(36)22-15-40-25(33-22)17-12-30-35(13-17)16-39-9-10-42(4,5)6/h7-8,11-15,23,34H,9-10,16H2,1-6H3,(H,31,36)(H,37,38). The summed E-state index contributed by atoms with van der Waals surface area (Å²) in [4.78, 5) is 33.7. The third kappa shape index (κ3) is 8.31. The lowest BCUT2D eigenvalue weighted by Gasteiger charge is -2.28. The molecular weight excluding hydrogens is 596 g/mol. The number of benzene rings is 1. The summed E-state index contributed by atoms with van der Waals surface area (Å²) in [6, 6.07) is 4.51. The van der Waals surface area contributed by atoms with Crippen molar-refractivity contribution in [3.8, 4) is 21.8 Å². The van der Waals surface area contributed by atoms with Crippen molar-refractivity contribution in [2.24, 2.45) is 5.41 Å². The fourth-order valence-electron chi connectivity index (χ4n) is 3.93. The zero-order valence-corrected chi connectivity index (χ0v) is 27.0. The molecule has 0 saturated carbocycles. The van der Waals surface area contributed by atoms with E-state index in [4.69, 9.17) is 4.74 Å². The topological polar surface area (TPSA) is 131 Å². The van der Waals surface area contributed by atoms with E-state index in [2.05, 4.69) is 45.3 Å². The normalized spacial score (nSPS) is 12.7. The minimum absolute atomic E-state index is 0.210. The zero-order chi connectivity index (χ0) is 30.7. The van der Waals surface area contributed by atoms with Gasteiger partial charge in [0.05, 0.1) is 23.6 Å². The maximum atomic E-state index is 14.3. The fraction of sp³-hybridized carbons (Fsp3) is 0.393. The molecule has 1 aromatic carbocycles. The summed E-state index contributed by atoms with van der Waals surface area (Å²) in [7, 11) is -1.17. The van der Waals surface area contributed by atoms with Gasteiger partial charge in [0.1, 0.15) is 28.3 Å². The number of ether oxygens (including phenoxy) is 1. The predicted molar refractivity (Wildman–Crippen MR) is 166 cm³/mol. The van der Waals surface area contributed by atoms with Crippen molar-refractivity contribution in [1.82, 2.24) is 25.1 Å². The van der Waals surface area contributed by atoms with Crippen molar-refractivity contribution < 1.29 is 23.8 Å². The second kappa shape index (κ2) is 12.8. The van der Waals surface area contributed by atoms with Crippen molar-refractivity contribution in [1.29, 1.82) is 0 Å². The average Bonchev–Trinajstić information content (AvgIpc) is 3.66. The van der Waals surface area contributed by atoms with Gasteiger partial charge in [0, 0.05) is 42.8 Å². The van der Waals surface area contributed by atoms with Crippen LogP contribution in [0.3, 0.4) is 0 Å². The van der Waals surface area contributed by atoms with Crippen LogP contribution in [0.2, 0.25) is 25.7 Å². The van der Waals surface area contributed by atoms with Crippen LogP contribution in [0.1, 0.15) is 42.3 Å². The Bertz CT molecular complexity index is 1560. The van der Waals surface area contributed by atoms with E-state index in [1.54, 1.807) is 21.6 Å². The summed E-state index contributed by atoms with van der Waals surface area (Å²) in [5, 5.41) is 23.5. The van der Waals surface area contributed by atoms with Gasteiger partial charge in [0.2, 0.25) is 0 Å². The minimum atomic E-state index is -1.17. The number of nitrogens with one attached hydrogen (secondary N) is 2. The highest BCUT2D eigenvalue weighted by Gasteiger charge is 2.31. The number of amides is 2. The molecule has 0 spiro atoms. The maximum absolute atomic E-state index is 14.3. The number of hydrogen-bond donors (Lipinski definition) is 3. The SMILES string of the molecule is CC(C)(C)C(NC(=O)O)c1nc(-c2cc(F)ccc2NC(=O)c2csc(-c3cnn(COCC[Si](C)(C)C)c3)n2)cs1. The van der Waals surface area contributed by atoms with Crippen molar-refractivity contribution in [3.63, 3.8) is 0 Å². The van der Waals surface area contributed by atoms with Gasteiger partial charge in [-0.15, -0.1) is 22.7 Å². The predicted octanol–water partition coefficient (Wildman–Crippen LogP) is 7.19. The van der Waals surface area contributed by atoms with E-state index in [0.717, 1.165) is 11.6 Å². The Morgan fingerprint density at radius 2 is 1.93 bits per heavy atom. The molecule has 1 unspecified atom stereocenters. The molecular formula is C28H35FN6O4S2Si. The van der Waals surface area contributed by atoms with Crippen LogP contribution in [-0.4, -0.2) is 51.5 Å². The molecule has 14 heteroatoms. The Balaban J connectivity index is 1.48. The minimum Gasteiger partial charge on any atom is -0.465 e. The first kappa shape index (κ1) is 31.5. The summed E-state index contributed by atoms with van der Waals surface area (Å²) in [5.74, 6) is -0.950. The summed E-state index contributed by atoms with van der Waals surface area (Å²) in [6.45, 7) is 13.6. The third-order valence-electron chi connectivity index (χ3n) is 6.25. The molecule has 0 bridgehead atoms. The first-order chi connectivity index (χ1) is 19.7. The summed E-state index contributed by atoms with van der Waals surface area (Å²) >= 11 is 2.58. The molecule has 1 atom stereocenters. The van der Waals surface area contributed by atoms with Gasteiger partial charge in [-0.25, -0.2) is 23.8 Å². The number of nitrogens with zero attached hydrogens (tertiary/aromatic N) is 4. The van der Waals surface area contributed by atoms with Crippen molar-refractivity contribution in [2.75, 3.05) is 11.9 Å². The molecule has 0 aliphatic carbocycles. The van der Waals surface area contributed by atoms with Crippen LogP contribution in [0.4, 0.5) is 14.9 Å². The van der Waals surface area contributed by atoms with E-state index < -0.39 is 37.3 Å². The van der Waals surface area contributed by atoms with Gasteiger partial charge >= 0.3 is 6.09 Å². The first-order valence-electron chi connectivity index (χ1n) is 13.3. The first-order valence-corrected chi connectivity index (χ1v) is 18.8. The molecule has 10 nitrogen and oxygen atoms in total. The third-order valence-corrected chi connectivity index (χ3v) is 9.75. The van der Waals surface area contributed by atoms with Gasteiger partial charge in [0.25, 0.3) is 5.91 Å². The number of carbonyl (C=O) groups is 2. The van der Waals surface area contributed by atoms with Crippen molar-refractivity contribution in [2.45, 2.75) is 59.2 Å². The Labute approximate surface area is 253 Å². The molecule has 3 aromatic heterocycles. The van der Waals surface area contributed by atoms with Gasteiger partial charge in [-0.1, -0.05) is 40.4 Å². The lowest BCUT2D eigenvalue weighted by atomic mass is 9.87.